The van der Waals surface area contributed by atoms with Crippen LogP contribution in [0.3, 0.4) is 0 Å². The van der Waals surface area contributed by atoms with E-state index in [1.54, 1.807) is 0 Å². The van der Waals surface area contributed by atoms with Crippen molar-refractivity contribution < 1.29 is 24.5 Å². The van der Waals surface area contributed by atoms with E-state index in [2.05, 4.69) is 111 Å². The second kappa shape index (κ2) is 47.6. The van der Waals surface area contributed by atoms with Crippen LogP contribution >= 0.6 is 0 Å². The second-order valence-corrected chi connectivity index (χ2v) is 16.2. The molecule has 0 spiro atoms. The predicted molar refractivity (Wildman–Crippen MR) is 263 cm³/mol. The van der Waals surface area contributed by atoms with Gasteiger partial charge in [0.1, 0.15) is 6.10 Å². The summed E-state index contributed by atoms with van der Waals surface area (Å²) in [5.74, 6) is -0.624. The van der Waals surface area contributed by atoms with Crippen molar-refractivity contribution in [2.45, 2.75) is 219 Å². The summed E-state index contributed by atoms with van der Waals surface area (Å²) < 4.78 is 5.86. The molecule has 1 amide bonds. The van der Waals surface area contributed by atoms with Gasteiger partial charge in [0.2, 0.25) is 5.91 Å². The number of carbonyl (C=O) groups excluding carboxylic acids is 2. The lowest BCUT2D eigenvalue weighted by Crippen LogP contribution is -2.46. The van der Waals surface area contributed by atoms with Gasteiger partial charge < -0.3 is 20.3 Å². The van der Waals surface area contributed by atoms with E-state index in [-0.39, 0.29) is 31.3 Å². The summed E-state index contributed by atoms with van der Waals surface area (Å²) in [6.07, 6.45) is 64.4. The Morgan fingerprint density at radius 2 is 0.951 bits per heavy atom. The maximum absolute atomic E-state index is 13.2. The first-order chi connectivity index (χ1) is 30.0. The first kappa shape index (κ1) is 57.5. The highest BCUT2D eigenvalue weighted by Gasteiger charge is 2.24. The zero-order valence-electron chi connectivity index (χ0n) is 39.2. The van der Waals surface area contributed by atoms with Crippen molar-refractivity contribution in [3.63, 3.8) is 0 Å². The Balaban J connectivity index is 4.84. The van der Waals surface area contributed by atoms with Crippen LogP contribution in [0.4, 0.5) is 0 Å². The van der Waals surface area contributed by atoms with Crippen molar-refractivity contribution in [1.29, 1.82) is 0 Å². The summed E-state index contributed by atoms with van der Waals surface area (Å²) in [5, 5.41) is 23.6. The monoisotopic (exact) mass is 846 g/mol. The molecule has 3 N–H and O–H groups in total. The van der Waals surface area contributed by atoms with Gasteiger partial charge in [-0.15, -0.1) is 0 Å². The van der Waals surface area contributed by atoms with Crippen LogP contribution in [0.5, 0.6) is 0 Å². The summed E-state index contributed by atoms with van der Waals surface area (Å²) in [5.41, 5.74) is 0. The van der Waals surface area contributed by atoms with Crippen molar-refractivity contribution in [1.82, 2.24) is 5.32 Å². The Labute approximate surface area is 375 Å². The number of carbonyl (C=O) groups is 2. The van der Waals surface area contributed by atoms with Gasteiger partial charge in [0.25, 0.3) is 0 Å². The van der Waals surface area contributed by atoms with Gasteiger partial charge in [0.15, 0.2) is 0 Å². The van der Waals surface area contributed by atoms with Crippen LogP contribution in [0.25, 0.3) is 0 Å². The van der Waals surface area contributed by atoms with Gasteiger partial charge in [0.05, 0.1) is 25.2 Å². The van der Waals surface area contributed by atoms with Crippen molar-refractivity contribution in [3.8, 4) is 0 Å². The Hall–Kier alpha value is -3.48. The Morgan fingerprint density at radius 1 is 0.508 bits per heavy atom. The van der Waals surface area contributed by atoms with E-state index in [9.17, 15) is 19.8 Å². The molecule has 0 heterocycles. The van der Waals surface area contributed by atoms with E-state index in [0.29, 0.717) is 19.3 Å². The number of amides is 1. The van der Waals surface area contributed by atoms with Gasteiger partial charge in [-0.1, -0.05) is 214 Å². The third-order valence-electron chi connectivity index (χ3n) is 10.4. The second-order valence-electron chi connectivity index (χ2n) is 16.2. The molecule has 0 saturated heterocycles. The molecule has 3 atom stereocenters. The SMILES string of the molecule is CC/C=C/C/C=C/C/C=C/C/C=C/C/C=C/CCC(=O)OC(CCCCC/C=C/C=C/C=C/C=C/CCCCC)CC(=O)NC(CO)C(O)CCCCCCCCCCCC. The molecule has 0 aliphatic carbocycles. The van der Waals surface area contributed by atoms with Gasteiger partial charge in [-0.3, -0.25) is 9.59 Å². The summed E-state index contributed by atoms with van der Waals surface area (Å²) in [6.45, 7) is 6.27. The topological polar surface area (TPSA) is 95.9 Å². The number of rotatable bonds is 42. The van der Waals surface area contributed by atoms with E-state index < -0.39 is 18.2 Å². The Bertz CT molecular complexity index is 1270. The molecule has 61 heavy (non-hydrogen) atoms. The number of aliphatic hydroxyl groups excluding tert-OH is 2. The van der Waals surface area contributed by atoms with E-state index in [4.69, 9.17) is 4.74 Å². The van der Waals surface area contributed by atoms with Crippen LogP contribution in [0.2, 0.25) is 0 Å². The highest BCUT2D eigenvalue weighted by atomic mass is 16.5. The van der Waals surface area contributed by atoms with Crippen LogP contribution < -0.4 is 5.32 Å². The fourth-order valence-electron chi connectivity index (χ4n) is 6.72. The molecule has 0 aliphatic rings. The first-order valence-corrected chi connectivity index (χ1v) is 24.7. The lowest BCUT2D eigenvalue weighted by Gasteiger charge is -2.24. The molecule has 0 aromatic rings. The minimum Gasteiger partial charge on any atom is -0.462 e. The van der Waals surface area contributed by atoms with Gasteiger partial charge in [0, 0.05) is 6.42 Å². The van der Waals surface area contributed by atoms with Crippen LogP contribution in [0.1, 0.15) is 201 Å². The molecule has 0 bridgehead atoms. The van der Waals surface area contributed by atoms with Crippen molar-refractivity contribution >= 4 is 11.9 Å². The molecule has 0 aromatic carbocycles. The Kier molecular flexibility index (Phi) is 44.9. The number of nitrogens with one attached hydrogen (secondary N) is 1. The lowest BCUT2D eigenvalue weighted by molar-refractivity contribution is -0.150. The molecule has 0 rings (SSSR count). The quantitative estimate of drug-likeness (QED) is 0.0246. The number of hydrogen-bond acceptors (Lipinski definition) is 5. The minimum absolute atomic E-state index is 0.0149. The van der Waals surface area contributed by atoms with Crippen molar-refractivity contribution in [2.75, 3.05) is 6.61 Å². The van der Waals surface area contributed by atoms with Gasteiger partial charge in [-0.2, -0.15) is 0 Å². The maximum atomic E-state index is 13.2. The van der Waals surface area contributed by atoms with E-state index in [0.717, 1.165) is 83.5 Å². The molecule has 0 fully saturated rings. The van der Waals surface area contributed by atoms with Gasteiger partial charge >= 0.3 is 5.97 Å². The number of esters is 1. The van der Waals surface area contributed by atoms with Crippen LogP contribution in [0.15, 0.2) is 109 Å². The average molecular weight is 846 g/mol. The van der Waals surface area contributed by atoms with Crippen LogP contribution in [0, 0.1) is 0 Å². The standard InChI is InChI=1S/C55H91NO5/c1-4-7-10-13-16-19-22-24-26-28-30-32-34-37-40-43-46-51(49-54(59)56-52(50-57)53(58)47-44-41-38-35-21-18-15-12-9-6-3)61-55(60)48-45-42-39-36-33-31-29-27-25-23-20-17-14-11-8-5-2/h8,11,16-17,19-20,22,24-28,30-33,39,42,51-53,57-58H,4-7,9-10,12-15,18,21,23,29,34-38,40-41,43-50H2,1-3H3,(H,56,59)/b11-8+,19-16+,20-17+,24-22+,27-25+,28-26+,32-30+,33-31+,42-39+. The maximum Gasteiger partial charge on any atom is 0.306 e. The average Bonchev–Trinajstić information content (AvgIpc) is 3.25. The lowest BCUT2D eigenvalue weighted by atomic mass is 10.0. The molecule has 0 radical (unpaired) electrons. The zero-order chi connectivity index (χ0) is 44.5. The Morgan fingerprint density at radius 3 is 1.49 bits per heavy atom. The summed E-state index contributed by atoms with van der Waals surface area (Å²) in [6, 6.07) is -0.735. The van der Waals surface area contributed by atoms with E-state index in [1.807, 2.05) is 24.3 Å². The van der Waals surface area contributed by atoms with Crippen molar-refractivity contribution in [3.05, 3.63) is 109 Å². The third kappa shape index (κ3) is 43.0. The number of hydrogen-bond donors (Lipinski definition) is 3. The van der Waals surface area contributed by atoms with E-state index in [1.165, 1.54) is 64.2 Å². The fourth-order valence-corrected chi connectivity index (χ4v) is 6.72. The molecule has 3 unspecified atom stereocenters. The largest absolute Gasteiger partial charge is 0.462 e. The molecule has 6 heteroatoms. The minimum atomic E-state index is -0.816. The van der Waals surface area contributed by atoms with Crippen molar-refractivity contribution in [2.24, 2.45) is 0 Å². The number of ether oxygens (including phenoxy) is 1. The number of allylic oxidation sites excluding steroid dienone is 18. The summed E-state index contributed by atoms with van der Waals surface area (Å²) in [7, 11) is 0. The fraction of sp³-hybridized carbons (Fsp3) is 0.636. The normalized spacial score (nSPS) is 14.2. The first-order valence-electron chi connectivity index (χ1n) is 24.7. The number of unbranched alkanes of at least 4 members (excludes halogenated alkanes) is 15. The highest BCUT2D eigenvalue weighted by Crippen LogP contribution is 2.16. The van der Waals surface area contributed by atoms with Crippen LogP contribution in [-0.2, 0) is 14.3 Å². The van der Waals surface area contributed by atoms with Gasteiger partial charge in [-0.05, 0) is 83.5 Å². The number of aliphatic hydroxyl groups is 2. The molecular weight excluding hydrogens is 755 g/mol. The summed E-state index contributed by atoms with van der Waals surface area (Å²) >= 11 is 0. The molecule has 6 nitrogen and oxygen atoms in total. The van der Waals surface area contributed by atoms with Gasteiger partial charge in [-0.25, -0.2) is 0 Å². The predicted octanol–water partition coefficient (Wildman–Crippen LogP) is 14.7. The zero-order valence-corrected chi connectivity index (χ0v) is 39.2. The highest BCUT2D eigenvalue weighted by molar-refractivity contribution is 5.77. The molecule has 346 valence electrons. The molecule has 0 aromatic heterocycles. The molecule has 0 aliphatic heterocycles. The third-order valence-corrected chi connectivity index (χ3v) is 10.4. The summed E-state index contributed by atoms with van der Waals surface area (Å²) in [4.78, 5) is 26.1. The smallest absolute Gasteiger partial charge is 0.306 e. The molecular formula is C55H91NO5. The van der Waals surface area contributed by atoms with E-state index >= 15 is 0 Å². The molecule has 0 saturated carbocycles. The van der Waals surface area contributed by atoms with Crippen LogP contribution in [-0.4, -0.2) is 46.9 Å².